The van der Waals surface area contributed by atoms with Crippen LogP contribution >= 0.6 is 15.9 Å². The predicted molar refractivity (Wildman–Crippen MR) is 80.9 cm³/mol. The quantitative estimate of drug-likeness (QED) is 0.757. The maximum atomic E-state index is 10.4. The Morgan fingerprint density at radius 2 is 1.75 bits per heavy atom. The number of fused-ring (bicyclic) bond motifs is 1. The first-order valence-corrected chi connectivity index (χ1v) is 7.42. The van der Waals surface area contributed by atoms with Crippen LogP contribution in [0.1, 0.15) is 29.2 Å². The standard InChI is InChI=1S/C16H16BrNO2/c17-14-8-4-3-7-13(14)16(19,20)18-15-10-9-11-5-1-2-6-12(11)15/h1-8,15,18-20H,9-10H2/t15-/m1/s1. The molecule has 0 spiro atoms. The Hall–Kier alpha value is -1.20. The minimum absolute atomic E-state index is 0.0479. The molecule has 0 aliphatic heterocycles. The summed E-state index contributed by atoms with van der Waals surface area (Å²) in [5.74, 6) is -2.05. The van der Waals surface area contributed by atoms with Crippen LogP contribution in [0.5, 0.6) is 0 Å². The molecule has 0 fully saturated rings. The molecule has 1 aliphatic carbocycles. The molecular weight excluding hydrogens is 318 g/mol. The van der Waals surface area contributed by atoms with Crippen molar-refractivity contribution in [1.82, 2.24) is 5.32 Å². The first-order valence-electron chi connectivity index (χ1n) is 6.63. The molecule has 4 heteroatoms. The fraction of sp³-hybridized carbons (Fsp3) is 0.250. The molecule has 2 aromatic carbocycles. The summed E-state index contributed by atoms with van der Waals surface area (Å²) in [6.07, 6.45) is 1.83. The van der Waals surface area contributed by atoms with Crippen molar-refractivity contribution in [3.63, 3.8) is 0 Å². The lowest BCUT2D eigenvalue weighted by Crippen LogP contribution is -2.44. The number of halogens is 1. The average molecular weight is 334 g/mol. The summed E-state index contributed by atoms with van der Waals surface area (Å²) in [6.45, 7) is 0. The van der Waals surface area contributed by atoms with E-state index in [-0.39, 0.29) is 6.04 Å². The zero-order valence-corrected chi connectivity index (χ0v) is 12.5. The number of aryl methyl sites for hydroxylation is 1. The summed E-state index contributed by atoms with van der Waals surface area (Å²) >= 11 is 3.35. The number of rotatable bonds is 3. The second-order valence-corrected chi connectivity index (χ2v) is 5.94. The topological polar surface area (TPSA) is 52.5 Å². The Morgan fingerprint density at radius 1 is 1.05 bits per heavy atom. The largest absolute Gasteiger partial charge is 0.350 e. The second kappa shape index (κ2) is 5.30. The van der Waals surface area contributed by atoms with Crippen LogP contribution in [0.2, 0.25) is 0 Å². The van der Waals surface area contributed by atoms with E-state index >= 15 is 0 Å². The van der Waals surface area contributed by atoms with Gasteiger partial charge in [-0.25, -0.2) is 0 Å². The summed E-state index contributed by atoms with van der Waals surface area (Å²) < 4.78 is 0.670. The number of nitrogens with one attached hydrogen (secondary N) is 1. The lowest BCUT2D eigenvalue weighted by Gasteiger charge is -2.28. The van der Waals surface area contributed by atoms with Gasteiger partial charge in [-0.15, -0.1) is 0 Å². The fourth-order valence-corrected chi connectivity index (χ4v) is 3.33. The van der Waals surface area contributed by atoms with Crippen LogP contribution in [-0.4, -0.2) is 10.2 Å². The Morgan fingerprint density at radius 3 is 2.55 bits per heavy atom. The minimum Gasteiger partial charge on any atom is -0.350 e. The third-order valence-corrected chi connectivity index (χ3v) is 4.45. The fourth-order valence-electron chi connectivity index (χ4n) is 2.77. The van der Waals surface area contributed by atoms with Gasteiger partial charge in [0, 0.05) is 16.1 Å². The van der Waals surface area contributed by atoms with Crippen LogP contribution in [0.3, 0.4) is 0 Å². The highest BCUT2D eigenvalue weighted by molar-refractivity contribution is 9.10. The van der Waals surface area contributed by atoms with E-state index in [1.165, 1.54) is 5.56 Å². The molecule has 0 saturated heterocycles. The minimum atomic E-state index is -2.05. The summed E-state index contributed by atoms with van der Waals surface area (Å²) in [4.78, 5) is 0. The van der Waals surface area contributed by atoms with Gasteiger partial charge in [-0.1, -0.05) is 58.4 Å². The molecule has 104 valence electrons. The highest BCUT2D eigenvalue weighted by atomic mass is 79.9. The average Bonchev–Trinajstić information content (AvgIpc) is 2.82. The molecule has 0 aromatic heterocycles. The van der Waals surface area contributed by atoms with E-state index in [0.717, 1.165) is 18.4 Å². The Kier molecular flexibility index (Phi) is 3.65. The van der Waals surface area contributed by atoms with Crippen LogP contribution in [0.4, 0.5) is 0 Å². The molecule has 0 unspecified atom stereocenters. The van der Waals surface area contributed by atoms with Crippen LogP contribution in [-0.2, 0) is 12.3 Å². The zero-order valence-electron chi connectivity index (χ0n) is 10.9. The predicted octanol–water partition coefficient (Wildman–Crippen LogP) is 2.82. The third kappa shape index (κ3) is 2.52. The number of hydrogen-bond acceptors (Lipinski definition) is 3. The molecule has 3 rings (SSSR count). The van der Waals surface area contributed by atoms with Crippen molar-refractivity contribution in [3.8, 4) is 0 Å². The molecular formula is C16H16BrNO2. The SMILES string of the molecule is OC(O)(N[C@@H]1CCc2ccccc21)c1ccccc1Br. The van der Waals surface area contributed by atoms with E-state index in [0.29, 0.717) is 10.0 Å². The molecule has 2 aromatic rings. The van der Waals surface area contributed by atoms with Crippen molar-refractivity contribution in [1.29, 1.82) is 0 Å². The summed E-state index contributed by atoms with van der Waals surface area (Å²) in [7, 11) is 0. The summed E-state index contributed by atoms with van der Waals surface area (Å²) in [5.41, 5.74) is 2.84. The lowest BCUT2D eigenvalue weighted by atomic mass is 10.1. The number of hydrogen-bond donors (Lipinski definition) is 3. The Bertz CT molecular complexity index is 627. The molecule has 3 nitrogen and oxygen atoms in total. The van der Waals surface area contributed by atoms with E-state index in [2.05, 4.69) is 27.3 Å². The van der Waals surface area contributed by atoms with Gasteiger partial charge in [-0.2, -0.15) is 0 Å². The second-order valence-electron chi connectivity index (χ2n) is 5.09. The van der Waals surface area contributed by atoms with Gasteiger partial charge in [-0.05, 0) is 30.0 Å². The van der Waals surface area contributed by atoms with Crippen LogP contribution in [0.25, 0.3) is 0 Å². The lowest BCUT2D eigenvalue weighted by molar-refractivity contribution is -0.202. The molecule has 0 saturated carbocycles. The van der Waals surface area contributed by atoms with E-state index in [9.17, 15) is 10.2 Å². The molecule has 0 bridgehead atoms. The number of aliphatic hydroxyl groups is 2. The normalized spacial score (nSPS) is 18.1. The van der Waals surface area contributed by atoms with Gasteiger partial charge < -0.3 is 10.2 Å². The van der Waals surface area contributed by atoms with Gasteiger partial charge in [0.15, 0.2) is 0 Å². The van der Waals surface area contributed by atoms with Gasteiger partial charge in [-0.3, -0.25) is 5.32 Å². The highest BCUT2D eigenvalue weighted by Crippen LogP contribution is 2.34. The molecule has 0 amide bonds. The van der Waals surface area contributed by atoms with Gasteiger partial charge in [0.1, 0.15) is 0 Å². The highest BCUT2D eigenvalue weighted by Gasteiger charge is 2.33. The molecule has 1 atom stereocenters. The Balaban J connectivity index is 1.87. The molecule has 0 heterocycles. The van der Waals surface area contributed by atoms with E-state index in [4.69, 9.17) is 0 Å². The molecule has 20 heavy (non-hydrogen) atoms. The van der Waals surface area contributed by atoms with Crippen LogP contribution < -0.4 is 5.32 Å². The van der Waals surface area contributed by atoms with Gasteiger partial charge >= 0.3 is 0 Å². The van der Waals surface area contributed by atoms with Crippen molar-refractivity contribution in [2.24, 2.45) is 0 Å². The summed E-state index contributed by atoms with van der Waals surface area (Å²) in [6, 6.07) is 15.2. The monoisotopic (exact) mass is 333 g/mol. The number of benzene rings is 2. The third-order valence-electron chi connectivity index (χ3n) is 3.76. The van der Waals surface area contributed by atoms with Gasteiger partial charge in [0.05, 0.1) is 0 Å². The molecule has 1 aliphatic rings. The van der Waals surface area contributed by atoms with E-state index < -0.39 is 5.91 Å². The zero-order chi connectivity index (χ0) is 14.2. The van der Waals surface area contributed by atoms with Crippen molar-refractivity contribution in [2.75, 3.05) is 0 Å². The van der Waals surface area contributed by atoms with E-state index in [1.807, 2.05) is 24.3 Å². The van der Waals surface area contributed by atoms with Gasteiger partial charge in [0.25, 0.3) is 5.91 Å². The first-order chi connectivity index (χ1) is 9.58. The van der Waals surface area contributed by atoms with Gasteiger partial charge in [0.2, 0.25) is 0 Å². The van der Waals surface area contributed by atoms with Crippen LogP contribution in [0.15, 0.2) is 53.0 Å². The maximum Gasteiger partial charge on any atom is 0.252 e. The summed E-state index contributed by atoms with van der Waals surface area (Å²) in [5, 5.41) is 23.7. The smallest absolute Gasteiger partial charge is 0.252 e. The first kappa shape index (κ1) is 13.8. The van der Waals surface area contributed by atoms with Crippen LogP contribution in [0, 0.1) is 0 Å². The van der Waals surface area contributed by atoms with E-state index in [1.54, 1.807) is 18.2 Å². The molecule has 0 radical (unpaired) electrons. The molecule has 3 N–H and O–H groups in total. The van der Waals surface area contributed by atoms with Crippen molar-refractivity contribution in [3.05, 3.63) is 69.7 Å². The van der Waals surface area contributed by atoms with Crippen molar-refractivity contribution >= 4 is 15.9 Å². The Labute approximate surface area is 126 Å². The van der Waals surface area contributed by atoms with Crippen molar-refractivity contribution in [2.45, 2.75) is 24.8 Å². The van der Waals surface area contributed by atoms with Crippen molar-refractivity contribution < 1.29 is 10.2 Å². The maximum absolute atomic E-state index is 10.4.